The fourth-order valence-electron chi connectivity index (χ4n) is 0.250. The van der Waals surface area contributed by atoms with Crippen LogP contribution in [0, 0.1) is 0 Å². The molecule has 0 heterocycles. The third-order valence-corrected chi connectivity index (χ3v) is 1.18. The molecule has 21 nitrogen and oxygen atoms in total. The molecule has 0 aliphatic rings. The summed E-state index contributed by atoms with van der Waals surface area (Å²) in [5.74, 6) is -6.14. The van der Waals surface area contributed by atoms with E-state index in [4.69, 9.17) is 76.6 Å². The largest absolute Gasteiger partial charge is 1.00 e. The van der Waals surface area contributed by atoms with Crippen LogP contribution in [-0.4, -0.2) is 125 Å². The quantitative estimate of drug-likeness (QED) is 0.0749. The number of aliphatic carboxylic acids is 6. The Bertz CT molecular complexity index is 586. The molecule has 45 heavy (non-hydrogen) atoms. The molecule has 0 aromatic heterocycles. The third kappa shape index (κ3) is 663. The van der Waals surface area contributed by atoms with Crippen LogP contribution in [0.15, 0.2) is 0 Å². The SMILES string of the molecule is CC(=O)O.CC(=O)O.CC(=O)O.CC(=O)O.CC(=O)O.CC(=O)O.COC(=O)CN.COC(=O)CN.COC(=O)CN.[H-].[H-].[H-].[Na+].[Na+].[Na+]. The number of rotatable bonds is 3. The van der Waals surface area contributed by atoms with Crippen molar-refractivity contribution in [3.63, 3.8) is 0 Å². The number of carbonyl (C=O) groups excluding carboxylic acids is 3. The van der Waals surface area contributed by atoms with Gasteiger partial charge in [0.1, 0.15) is 0 Å². The zero-order valence-electron chi connectivity index (χ0n) is 30.9. The predicted molar refractivity (Wildman–Crippen MR) is 146 cm³/mol. The molecule has 0 amide bonds. The fourth-order valence-corrected chi connectivity index (χ4v) is 0.250. The van der Waals surface area contributed by atoms with Crippen LogP contribution >= 0.6 is 0 Å². The summed E-state index contributed by atoms with van der Waals surface area (Å²) in [5, 5.41) is 44.5. The molecular weight excluding hydrogens is 651 g/mol. The third-order valence-electron chi connectivity index (χ3n) is 1.18. The summed E-state index contributed by atoms with van der Waals surface area (Å²) in [5.41, 5.74) is 14.4. The van der Waals surface area contributed by atoms with Crippen LogP contribution in [0.1, 0.15) is 45.8 Å². The molecule has 0 radical (unpaired) electrons. The standard InChI is InChI=1S/3C3H7NO2.6C2H4O2.3Na.3H/c3*1-6-3(5)2-4;6*1-2(3)4;;;;;;/h3*2,4H2,1H3;6*1H3,(H,3,4);;;;;;/q;;;;;;;;;3*+1;3*-1. The van der Waals surface area contributed by atoms with Crippen LogP contribution in [0.4, 0.5) is 0 Å². The number of hydrogen-bond donors (Lipinski definition) is 9. The molecule has 0 saturated carbocycles. The minimum Gasteiger partial charge on any atom is -1.00 e. The molecule has 0 atom stereocenters. The van der Waals surface area contributed by atoms with Gasteiger partial charge in [-0.15, -0.1) is 0 Å². The van der Waals surface area contributed by atoms with Crippen LogP contribution in [0.2, 0.25) is 0 Å². The van der Waals surface area contributed by atoms with E-state index in [1.807, 2.05) is 0 Å². The number of esters is 3. The number of nitrogens with two attached hydrogens (primary N) is 3. The maximum absolute atomic E-state index is 9.83. The summed E-state index contributed by atoms with van der Waals surface area (Å²) in [7, 11) is 3.90. The Hall–Kier alpha value is -1.89. The molecule has 24 heteroatoms. The first-order valence-electron chi connectivity index (χ1n) is 10.3. The number of carbonyl (C=O) groups is 9. The Morgan fingerprint density at radius 1 is 0.400 bits per heavy atom. The van der Waals surface area contributed by atoms with Gasteiger partial charge in [0.25, 0.3) is 35.8 Å². The molecule has 0 bridgehead atoms. The van der Waals surface area contributed by atoms with Crippen molar-refractivity contribution in [2.75, 3.05) is 41.0 Å². The molecular formula is C21H48N3Na3O18. The van der Waals surface area contributed by atoms with E-state index < -0.39 is 35.8 Å². The summed E-state index contributed by atoms with van der Waals surface area (Å²) in [6.07, 6.45) is 0. The minimum absolute atomic E-state index is 0. The van der Waals surface area contributed by atoms with E-state index in [9.17, 15) is 14.4 Å². The first kappa shape index (κ1) is 79.0. The first-order chi connectivity index (χ1) is 18.8. The molecule has 0 aliphatic heterocycles. The molecule has 0 saturated heterocycles. The Labute approximate surface area is 331 Å². The number of methoxy groups -OCH3 is 3. The van der Waals surface area contributed by atoms with Gasteiger partial charge in [-0.05, 0) is 0 Å². The second-order valence-electron chi connectivity index (χ2n) is 5.45. The minimum atomic E-state index is -0.833. The summed E-state index contributed by atoms with van der Waals surface area (Å²) in [4.78, 5) is 83.5. The Morgan fingerprint density at radius 3 is 0.467 bits per heavy atom. The van der Waals surface area contributed by atoms with Gasteiger partial charge in [-0.2, -0.15) is 0 Å². The topological polar surface area (TPSA) is 381 Å². The normalized spacial score (nSPS) is 6.40. The summed E-state index contributed by atoms with van der Waals surface area (Å²) >= 11 is 0. The van der Waals surface area contributed by atoms with Gasteiger partial charge in [-0.3, -0.25) is 43.2 Å². The second kappa shape index (κ2) is 73.5. The molecule has 0 fully saturated rings. The average molecular weight is 700 g/mol. The molecule has 0 spiro atoms. The van der Waals surface area contributed by atoms with Crippen molar-refractivity contribution in [2.24, 2.45) is 17.2 Å². The van der Waals surface area contributed by atoms with Gasteiger partial charge in [0.2, 0.25) is 0 Å². The van der Waals surface area contributed by atoms with Crippen molar-refractivity contribution in [1.29, 1.82) is 0 Å². The van der Waals surface area contributed by atoms with Crippen LogP contribution in [0.5, 0.6) is 0 Å². The number of carboxylic acids is 6. The molecule has 0 unspecified atom stereocenters. The molecule has 12 N–H and O–H groups in total. The maximum Gasteiger partial charge on any atom is 1.00 e. The monoisotopic (exact) mass is 699 g/mol. The van der Waals surface area contributed by atoms with Gasteiger partial charge >= 0.3 is 107 Å². The first-order valence-corrected chi connectivity index (χ1v) is 10.3. The van der Waals surface area contributed by atoms with Crippen molar-refractivity contribution in [2.45, 2.75) is 41.5 Å². The second-order valence-corrected chi connectivity index (χ2v) is 5.45. The van der Waals surface area contributed by atoms with E-state index in [2.05, 4.69) is 14.2 Å². The molecule has 258 valence electrons. The van der Waals surface area contributed by atoms with Crippen LogP contribution in [-0.2, 0) is 57.4 Å². The summed E-state index contributed by atoms with van der Waals surface area (Å²) < 4.78 is 12.4. The Kier molecular flexibility index (Phi) is 129. The van der Waals surface area contributed by atoms with Gasteiger partial charge in [0.15, 0.2) is 0 Å². The fraction of sp³-hybridized carbons (Fsp3) is 0.571. The van der Waals surface area contributed by atoms with Crippen molar-refractivity contribution in [1.82, 2.24) is 0 Å². The van der Waals surface area contributed by atoms with E-state index in [0.29, 0.717) is 0 Å². The molecule has 0 aromatic rings. The van der Waals surface area contributed by atoms with E-state index in [1.54, 1.807) is 0 Å². The average Bonchev–Trinajstić information content (AvgIpc) is 2.81. The smallest absolute Gasteiger partial charge is 1.00 e. The zero-order chi connectivity index (χ0) is 36.4. The summed E-state index contributed by atoms with van der Waals surface area (Å²) in [6, 6.07) is 0. The van der Waals surface area contributed by atoms with Crippen LogP contribution < -0.4 is 106 Å². The van der Waals surface area contributed by atoms with E-state index >= 15 is 0 Å². The number of carboxylic acid groups (broad SMARTS) is 6. The van der Waals surface area contributed by atoms with Crippen LogP contribution in [0.3, 0.4) is 0 Å². The number of ether oxygens (including phenoxy) is 3. The van der Waals surface area contributed by atoms with Crippen molar-refractivity contribution in [3.8, 4) is 0 Å². The molecule has 0 aromatic carbocycles. The van der Waals surface area contributed by atoms with E-state index in [0.717, 1.165) is 41.5 Å². The van der Waals surface area contributed by atoms with Crippen LogP contribution in [0.25, 0.3) is 0 Å². The Balaban J connectivity index is -0.0000000195. The van der Waals surface area contributed by atoms with Gasteiger partial charge in [-0.1, -0.05) is 0 Å². The summed E-state index contributed by atoms with van der Waals surface area (Å²) in [6.45, 7) is 6.41. The van der Waals surface area contributed by atoms with E-state index in [1.165, 1.54) is 21.3 Å². The maximum atomic E-state index is 9.83. The van der Waals surface area contributed by atoms with Gasteiger partial charge < -0.3 is 66.3 Å². The van der Waals surface area contributed by atoms with Crippen molar-refractivity contribution < 1.29 is 181 Å². The number of hydrogen-bond acceptors (Lipinski definition) is 15. The van der Waals surface area contributed by atoms with Crippen molar-refractivity contribution in [3.05, 3.63) is 0 Å². The van der Waals surface area contributed by atoms with Gasteiger partial charge in [0, 0.05) is 41.5 Å². The zero-order valence-corrected chi connectivity index (χ0v) is 33.9. The Morgan fingerprint density at radius 2 is 0.467 bits per heavy atom. The predicted octanol–water partition coefficient (Wildman–Crippen LogP) is -10.8. The molecule has 0 aliphatic carbocycles. The van der Waals surface area contributed by atoms with Crippen molar-refractivity contribution >= 4 is 53.7 Å². The van der Waals surface area contributed by atoms with E-state index in [-0.39, 0.29) is 130 Å². The van der Waals surface area contributed by atoms with Gasteiger partial charge in [0.05, 0.1) is 41.0 Å². The van der Waals surface area contributed by atoms with Gasteiger partial charge in [-0.25, -0.2) is 0 Å². The molecule has 0 rings (SSSR count).